The number of carbonyl (C=O) groups excluding carboxylic acids is 1. The summed E-state index contributed by atoms with van der Waals surface area (Å²) < 4.78 is 5.72. The van der Waals surface area contributed by atoms with Gasteiger partial charge in [-0.2, -0.15) is 0 Å². The fourth-order valence-electron chi connectivity index (χ4n) is 4.25. The van der Waals surface area contributed by atoms with Gasteiger partial charge < -0.3 is 19.6 Å². The molecule has 0 unspecified atom stereocenters. The molecule has 0 bridgehead atoms. The Kier molecular flexibility index (Phi) is 6.60. The monoisotopic (exact) mass is 439 g/mol. The summed E-state index contributed by atoms with van der Waals surface area (Å²) in [4.78, 5) is 30.8. The molecular formula is C24H33N5O3. The highest BCUT2D eigenvalue weighted by Gasteiger charge is 2.25. The van der Waals surface area contributed by atoms with E-state index in [9.17, 15) is 9.90 Å². The molecule has 3 heterocycles. The molecule has 2 aromatic rings. The van der Waals surface area contributed by atoms with Crippen LogP contribution >= 0.6 is 0 Å². The summed E-state index contributed by atoms with van der Waals surface area (Å²) in [6, 6.07) is 3.55. The van der Waals surface area contributed by atoms with Gasteiger partial charge in [-0.3, -0.25) is 9.78 Å². The number of nitrogens with zero attached hydrogens (tertiary/aromatic N) is 5. The first-order valence-corrected chi connectivity index (χ1v) is 11.5. The third-order valence-electron chi connectivity index (χ3n) is 5.91. The second-order valence-corrected chi connectivity index (χ2v) is 9.43. The standard InChI is InChI=1S/C24H33N5O3/c1-24(2,31)16-32-17-10-11-25-20(14-17)22-26-19-9-7-8-18(19)23(27-22)28(3)15-21(30)29-12-5-4-6-13-29/h10-11,14,31H,4-9,12-13,15-16H2,1-3H3. The van der Waals surface area contributed by atoms with E-state index in [1.807, 2.05) is 16.8 Å². The Labute approximate surface area is 189 Å². The second-order valence-electron chi connectivity index (χ2n) is 9.43. The van der Waals surface area contributed by atoms with Crippen LogP contribution in [0.4, 0.5) is 5.82 Å². The number of piperidine rings is 1. The molecule has 0 aromatic carbocycles. The number of hydrogen-bond donors (Lipinski definition) is 1. The molecule has 1 fully saturated rings. The van der Waals surface area contributed by atoms with Gasteiger partial charge in [0.2, 0.25) is 5.91 Å². The van der Waals surface area contributed by atoms with Crippen LogP contribution < -0.4 is 9.64 Å². The van der Waals surface area contributed by atoms with E-state index in [1.54, 1.807) is 32.2 Å². The van der Waals surface area contributed by atoms with Gasteiger partial charge in [-0.15, -0.1) is 0 Å². The molecule has 1 aliphatic carbocycles. The van der Waals surface area contributed by atoms with E-state index in [0.717, 1.165) is 62.3 Å². The predicted octanol–water partition coefficient (Wildman–Crippen LogP) is 2.63. The van der Waals surface area contributed by atoms with Crippen LogP contribution in [0.15, 0.2) is 18.3 Å². The highest BCUT2D eigenvalue weighted by atomic mass is 16.5. The van der Waals surface area contributed by atoms with Gasteiger partial charge >= 0.3 is 0 Å². The molecule has 1 saturated heterocycles. The quantitative estimate of drug-likeness (QED) is 0.709. The molecule has 0 radical (unpaired) electrons. The van der Waals surface area contributed by atoms with E-state index in [0.29, 0.717) is 23.8 Å². The number of likely N-dealkylation sites (tertiary alicyclic amines) is 1. The van der Waals surface area contributed by atoms with Crippen LogP contribution in [0.2, 0.25) is 0 Å². The third-order valence-corrected chi connectivity index (χ3v) is 5.91. The number of hydrogen-bond acceptors (Lipinski definition) is 7. The molecule has 8 heteroatoms. The highest BCUT2D eigenvalue weighted by molar-refractivity contribution is 5.81. The zero-order chi connectivity index (χ0) is 22.7. The maximum Gasteiger partial charge on any atom is 0.242 e. The molecule has 32 heavy (non-hydrogen) atoms. The average Bonchev–Trinajstić information content (AvgIpc) is 3.26. The highest BCUT2D eigenvalue weighted by Crippen LogP contribution is 2.31. The van der Waals surface area contributed by atoms with E-state index in [1.165, 1.54) is 6.42 Å². The lowest BCUT2D eigenvalue weighted by atomic mass is 10.1. The first-order valence-electron chi connectivity index (χ1n) is 11.5. The summed E-state index contributed by atoms with van der Waals surface area (Å²) in [5.74, 6) is 2.11. The van der Waals surface area contributed by atoms with E-state index >= 15 is 0 Å². The molecule has 0 saturated carbocycles. The summed E-state index contributed by atoms with van der Waals surface area (Å²) >= 11 is 0. The Morgan fingerprint density at radius 2 is 1.97 bits per heavy atom. The second kappa shape index (κ2) is 9.40. The van der Waals surface area contributed by atoms with Crippen molar-refractivity contribution >= 4 is 11.7 Å². The minimum atomic E-state index is -0.926. The molecule has 1 aliphatic heterocycles. The van der Waals surface area contributed by atoms with Gasteiger partial charge in [-0.1, -0.05) is 0 Å². The Balaban J connectivity index is 1.57. The maximum absolute atomic E-state index is 12.8. The summed E-state index contributed by atoms with van der Waals surface area (Å²) in [6.45, 7) is 5.58. The van der Waals surface area contributed by atoms with Crippen molar-refractivity contribution in [3.8, 4) is 17.3 Å². The number of pyridine rings is 1. The summed E-state index contributed by atoms with van der Waals surface area (Å²) in [6.07, 6.45) is 7.90. The minimum Gasteiger partial charge on any atom is -0.490 e. The van der Waals surface area contributed by atoms with Crippen molar-refractivity contribution in [2.45, 2.75) is 58.0 Å². The lowest BCUT2D eigenvalue weighted by Crippen LogP contribution is -2.42. The van der Waals surface area contributed by atoms with Gasteiger partial charge in [0.25, 0.3) is 0 Å². The summed E-state index contributed by atoms with van der Waals surface area (Å²) in [5, 5.41) is 9.93. The lowest BCUT2D eigenvalue weighted by molar-refractivity contribution is -0.130. The topological polar surface area (TPSA) is 91.7 Å². The van der Waals surface area contributed by atoms with E-state index < -0.39 is 5.60 Å². The maximum atomic E-state index is 12.8. The first kappa shape index (κ1) is 22.5. The van der Waals surface area contributed by atoms with E-state index in [2.05, 4.69) is 4.98 Å². The van der Waals surface area contributed by atoms with Gasteiger partial charge in [-0.25, -0.2) is 9.97 Å². The Bertz CT molecular complexity index is 967. The Morgan fingerprint density at radius 1 is 1.19 bits per heavy atom. The van der Waals surface area contributed by atoms with Crippen molar-refractivity contribution in [2.24, 2.45) is 0 Å². The number of carbonyl (C=O) groups is 1. The van der Waals surface area contributed by atoms with Gasteiger partial charge in [0, 0.05) is 43.7 Å². The van der Waals surface area contributed by atoms with Crippen molar-refractivity contribution in [3.05, 3.63) is 29.6 Å². The van der Waals surface area contributed by atoms with Crippen LogP contribution in [-0.4, -0.2) is 69.8 Å². The summed E-state index contributed by atoms with van der Waals surface area (Å²) in [7, 11) is 1.93. The van der Waals surface area contributed by atoms with Crippen LogP contribution in [0.1, 0.15) is 50.8 Å². The van der Waals surface area contributed by atoms with Crippen LogP contribution in [0, 0.1) is 0 Å². The SMILES string of the molecule is CN(CC(=O)N1CCCCC1)c1nc(-c2cc(OCC(C)(C)O)ccn2)nc2c1CCC2. The van der Waals surface area contributed by atoms with Gasteiger partial charge in [0.05, 0.1) is 12.1 Å². The van der Waals surface area contributed by atoms with Crippen LogP contribution in [0.5, 0.6) is 5.75 Å². The number of amides is 1. The van der Waals surface area contributed by atoms with E-state index in [-0.39, 0.29) is 12.5 Å². The number of rotatable bonds is 7. The number of likely N-dealkylation sites (N-methyl/N-ethyl adjacent to an activating group) is 1. The number of anilines is 1. The van der Waals surface area contributed by atoms with E-state index in [4.69, 9.17) is 14.7 Å². The molecule has 172 valence electrons. The fourth-order valence-corrected chi connectivity index (χ4v) is 4.25. The minimum absolute atomic E-state index is 0.152. The first-order chi connectivity index (χ1) is 15.3. The van der Waals surface area contributed by atoms with Gasteiger partial charge in [-0.05, 0) is 58.4 Å². The zero-order valence-electron chi connectivity index (χ0n) is 19.3. The molecule has 1 N–H and O–H groups in total. The van der Waals surface area contributed by atoms with Crippen molar-refractivity contribution < 1.29 is 14.6 Å². The molecule has 4 rings (SSSR count). The predicted molar refractivity (Wildman–Crippen MR) is 123 cm³/mol. The van der Waals surface area contributed by atoms with Crippen molar-refractivity contribution in [2.75, 3.05) is 38.2 Å². The molecular weight excluding hydrogens is 406 g/mol. The Hall–Kier alpha value is -2.74. The number of fused-ring (bicyclic) bond motifs is 1. The molecule has 2 aliphatic rings. The van der Waals surface area contributed by atoms with Crippen LogP contribution in [0.3, 0.4) is 0 Å². The van der Waals surface area contributed by atoms with Crippen molar-refractivity contribution in [3.63, 3.8) is 0 Å². The fraction of sp³-hybridized carbons (Fsp3) is 0.583. The summed E-state index contributed by atoms with van der Waals surface area (Å²) in [5.41, 5.74) is 1.86. The number of aliphatic hydroxyl groups is 1. The normalized spacial score (nSPS) is 16.1. The van der Waals surface area contributed by atoms with Crippen molar-refractivity contribution in [1.29, 1.82) is 0 Å². The molecule has 1 amide bonds. The van der Waals surface area contributed by atoms with Gasteiger partial charge in [0.15, 0.2) is 5.82 Å². The van der Waals surface area contributed by atoms with Crippen molar-refractivity contribution in [1.82, 2.24) is 19.9 Å². The smallest absolute Gasteiger partial charge is 0.242 e. The zero-order valence-corrected chi connectivity index (χ0v) is 19.3. The van der Waals surface area contributed by atoms with Crippen LogP contribution in [-0.2, 0) is 17.6 Å². The molecule has 0 spiro atoms. The average molecular weight is 440 g/mol. The number of aryl methyl sites for hydroxylation is 1. The Morgan fingerprint density at radius 3 is 2.72 bits per heavy atom. The van der Waals surface area contributed by atoms with Gasteiger partial charge in [0.1, 0.15) is 23.9 Å². The molecule has 0 atom stereocenters. The molecule has 8 nitrogen and oxygen atoms in total. The molecule has 2 aromatic heterocycles. The lowest BCUT2D eigenvalue weighted by Gasteiger charge is -2.29. The van der Waals surface area contributed by atoms with Crippen LogP contribution in [0.25, 0.3) is 11.5 Å². The number of aromatic nitrogens is 3. The largest absolute Gasteiger partial charge is 0.490 e. The third kappa shape index (κ3) is 5.35. The number of ether oxygens (including phenoxy) is 1.